The second-order valence-corrected chi connectivity index (χ2v) is 6.42. The van der Waals surface area contributed by atoms with Gasteiger partial charge in [-0.3, -0.25) is 4.79 Å². The lowest BCUT2D eigenvalue weighted by molar-refractivity contribution is -0.120. The average molecular weight is 318 g/mol. The summed E-state index contributed by atoms with van der Waals surface area (Å²) in [5, 5.41) is 0. The number of benzene rings is 1. The van der Waals surface area contributed by atoms with Crippen LogP contribution >= 0.6 is 0 Å². The smallest absolute Gasteiger partial charge is 0.172 e. The van der Waals surface area contributed by atoms with E-state index < -0.39 is 5.41 Å². The molecule has 122 valence electrons. The molecule has 0 N–H and O–H groups in total. The third-order valence-corrected chi connectivity index (χ3v) is 4.41. The van der Waals surface area contributed by atoms with Crippen molar-refractivity contribution in [3.63, 3.8) is 0 Å². The highest BCUT2D eigenvalue weighted by Crippen LogP contribution is 2.34. The Morgan fingerprint density at radius 2 is 1.75 bits per heavy atom. The Bertz CT molecular complexity index is 744. The molecule has 1 atom stereocenters. The fourth-order valence-electron chi connectivity index (χ4n) is 3.01. The van der Waals surface area contributed by atoms with Gasteiger partial charge in [0.05, 0.1) is 5.41 Å². The van der Waals surface area contributed by atoms with Crippen LogP contribution in [0.4, 0.5) is 0 Å². The largest absolute Gasteiger partial charge is 0.462 e. The number of carbonyl (C=O) groups excluding carboxylic acids is 1. The van der Waals surface area contributed by atoms with Gasteiger partial charge < -0.3 is 4.74 Å². The lowest BCUT2D eigenvalue weighted by Gasteiger charge is -2.26. The molecule has 0 heterocycles. The van der Waals surface area contributed by atoms with Gasteiger partial charge in [0.2, 0.25) is 0 Å². The number of ketones is 1. The van der Waals surface area contributed by atoms with E-state index in [2.05, 4.69) is 0 Å². The zero-order valence-corrected chi connectivity index (χ0v) is 14.1. The molecular weight excluding hydrogens is 296 g/mol. The van der Waals surface area contributed by atoms with Crippen molar-refractivity contribution < 1.29 is 9.53 Å². The van der Waals surface area contributed by atoms with Crippen LogP contribution < -0.4 is 4.74 Å². The van der Waals surface area contributed by atoms with Gasteiger partial charge in [0.1, 0.15) is 11.5 Å². The number of Topliss-reactive ketones (excluding diaryl/α,β-unsaturated/α-hetero) is 1. The molecule has 0 bridgehead atoms. The van der Waals surface area contributed by atoms with Crippen LogP contribution in [0, 0.1) is 11.3 Å². The van der Waals surface area contributed by atoms with Gasteiger partial charge in [-0.1, -0.05) is 67.7 Å². The summed E-state index contributed by atoms with van der Waals surface area (Å²) in [6.45, 7) is 4.01. The second kappa shape index (κ2) is 6.88. The molecule has 0 saturated heterocycles. The van der Waals surface area contributed by atoms with E-state index in [0.717, 1.165) is 17.1 Å². The minimum Gasteiger partial charge on any atom is -0.462 e. The molecule has 24 heavy (non-hydrogen) atoms. The Morgan fingerprint density at radius 3 is 2.38 bits per heavy atom. The first-order valence-electron chi connectivity index (χ1n) is 8.31. The van der Waals surface area contributed by atoms with E-state index in [1.54, 1.807) is 0 Å². The molecule has 3 rings (SSSR count). The maximum atomic E-state index is 13.0. The predicted octanol–water partition coefficient (Wildman–Crippen LogP) is 5.17. The number of allylic oxidation sites excluding steroid dienone is 9. The van der Waals surface area contributed by atoms with Gasteiger partial charge in [-0.2, -0.15) is 0 Å². The summed E-state index contributed by atoms with van der Waals surface area (Å²) in [7, 11) is 0. The zero-order chi connectivity index (χ0) is 17.0. The number of ether oxygens (including phenoxy) is 1. The number of para-hydroxylation sites is 1. The Morgan fingerprint density at radius 1 is 1.08 bits per heavy atom. The minimum atomic E-state index is -0.588. The normalized spacial score (nSPS) is 21.7. The molecule has 2 aliphatic carbocycles. The van der Waals surface area contributed by atoms with E-state index in [4.69, 9.17) is 4.74 Å². The van der Waals surface area contributed by atoms with E-state index in [0.29, 0.717) is 6.42 Å². The monoisotopic (exact) mass is 318 g/mol. The summed E-state index contributed by atoms with van der Waals surface area (Å²) < 4.78 is 5.91. The maximum Gasteiger partial charge on any atom is 0.172 e. The fraction of sp³-hybridized carbons (Fsp3) is 0.227. The van der Waals surface area contributed by atoms with Crippen molar-refractivity contribution in [3.8, 4) is 5.75 Å². The molecule has 0 fully saturated rings. The van der Waals surface area contributed by atoms with Crippen LogP contribution in [0.25, 0.3) is 0 Å². The SMILES string of the molecule is CC1C=C(Oc2ccccc2)CC=C1C(=O)C1(C)C=CC=CC=C1. The lowest BCUT2D eigenvalue weighted by Crippen LogP contribution is -2.28. The highest BCUT2D eigenvalue weighted by Gasteiger charge is 2.33. The summed E-state index contributed by atoms with van der Waals surface area (Å²) >= 11 is 0. The average Bonchev–Trinajstić information content (AvgIpc) is 2.81. The first-order chi connectivity index (χ1) is 11.6. The van der Waals surface area contributed by atoms with Gasteiger partial charge in [0.25, 0.3) is 0 Å². The molecule has 0 aliphatic heterocycles. The van der Waals surface area contributed by atoms with E-state index in [9.17, 15) is 4.79 Å². The van der Waals surface area contributed by atoms with Crippen LogP contribution in [-0.4, -0.2) is 5.78 Å². The third-order valence-electron chi connectivity index (χ3n) is 4.41. The van der Waals surface area contributed by atoms with Crippen LogP contribution in [0.15, 0.2) is 90.3 Å². The first-order valence-corrected chi connectivity index (χ1v) is 8.31. The van der Waals surface area contributed by atoms with E-state index >= 15 is 0 Å². The summed E-state index contributed by atoms with van der Waals surface area (Å²) in [5.41, 5.74) is 0.268. The maximum absolute atomic E-state index is 13.0. The number of carbonyl (C=O) groups is 1. The topological polar surface area (TPSA) is 26.3 Å². The van der Waals surface area contributed by atoms with E-state index in [-0.39, 0.29) is 11.7 Å². The first kappa shape index (κ1) is 16.3. The van der Waals surface area contributed by atoms with Gasteiger partial charge >= 0.3 is 0 Å². The molecule has 1 aromatic carbocycles. The van der Waals surface area contributed by atoms with Crippen molar-refractivity contribution in [2.24, 2.45) is 11.3 Å². The molecule has 0 aromatic heterocycles. The van der Waals surface area contributed by atoms with Crippen molar-refractivity contribution >= 4 is 5.78 Å². The van der Waals surface area contributed by atoms with Gasteiger partial charge in [-0.25, -0.2) is 0 Å². The van der Waals surface area contributed by atoms with Gasteiger partial charge in [-0.15, -0.1) is 0 Å². The Kier molecular flexibility index (Phi) is 4.66. The van der Waals surface area contributed by atoms with Crippen molar-refractivity contribution in [2.75, 3.05) is 0 Å². The van der Waals surface area contributed by atoms with E-state index in [1.807, 2.05) is 92.8 Å². The van der Waals surface area contributed by atoms with Crippen molar-refractivity contribution in [1.82, 2.24) is 0 Å². The van der Waals surface area contributed by atoms with Gasteiger partial charge in [0.15, 0.2) is 5.78 Å². The van der Waals surface area contributed by atoms with Crippen LogP contribution in [0.2, 0.25) is 0 Å². The molecule has 0 amide bonds. The zero-order valence-electron chi connectivity index (χ0n) is 14.1. The molecule has 0 spiro atoms. The highest BCUT2D eigenvalue weighted by molar-refractivity contribution is 6.03. The van der Waals surface area contributed by atoms with E-state index in [1.165, 1.54) is 0 Å². The van der Waals surface area contributed by atoms with Gasteiger partial charge in [0, 0.05) is 12.3 Å². The Hall–Kier alpha value is -2.61. The molecule has 1 unspecified atom stereocenters. The molecule has 2 aliphatic rings. The molecule has 2 heteroatoms. The second-order valence-electron chi connectivity index (χ2n) is 6.42. The van der Waals surface area contributed by atoms with Crippen molar-refractivity contribution in [1.29, 1.82) is 0 Å². The predicted molar refractivity (Wildman–Crippen MR) is 97.6 cm³/mol. The molecule has 2 nitrogen and oxygen atoms in total. The molecular formula is C22H22O2. The van der Waals surface area contributed by atoms with Crippen molar-refractivity contribution in [2.45, 2.75) is 20.3 Å². The number of hydrogen-bond acceptors (Lipinski definition) is 2. The van der Waals surface area contributed by atoms with Gasteiger partial charge in [-0.05, 0) is 30.7 Å². The molecule has 1 aromatic rings. The molecule has 0 saturated carbocycles. The third kappa shape index (κ3) is 3.48. The Balaban J connectivity index is 1.74. The number of rotatable bonds is 4. The van der Waals surface area contributed by atoms with Crippen LogP contribution in [0.5, 0.6) is 5.75 Å². The fourth-order valence-corrected chi connectivity index (χ4v) is 3.01. The lowest BCUT2D eigenvalue weighted by atomic mass is 9.76. The number of hydrogen-bond donors (Lipinski definition) is 0. The van der Waals surface area contributed by atoms with Crippen LogP contribution in [-0.2, 0) is 4.79 Å². The minimum absolute atomic E-state index is 0.0415. The standard InChI is InChI=1S/C22H22O2/c1-17-16-19(24-18-10-6-5-7-11-18)12-13-20(17)21(23)22(2)14-8-3-4-9-15-22/h3-11,13-17H,12H2,1-2H3. The summed E-state index contributed by atoms with van der Waals surface area (Å²) in [6, 6.07) is 9.74. The van der Waals surface area contributed by atoms with Crippen LogP contribution in [0.3, 0.4) is 0 Å². The quantitative estimate of drug-likeness (QED) is 0.765. The summed E-state index contributed by atoms with van der Waals surface area (Å²) in [5.74, 6) is 1.91. The van der Waals surface area contributed by atoms with Crippen LogP contribution in [0.1, 0.15) is 20.3 Å². The van der Waals surface area contributed by atoms with Crippen molar-refractivity contribution in [3.05, 3.63) is 90.3 Å². The summed E-state index contributed by atoms with van der Waals surface area (Å²) in [4.78, 5) is 13.0. The molecule has 0 radical (unpaired) electrons. The Labute approximate surface area is 143 Å². The highest BCUT2D eigenvalue weighted by atomic mass is 16.5. The summed E-state index contributed by atoms with van der Waals surface area (Å²) in [6.07, 6.45) is 16.4.